The van der Waals surface area contributed by atoms with Crippen LogP contribution < -0.4 is 20.1 Å². The minimum absolute atomic E-state index is 0.00393. The van der Waals surface area contributed by atoms with Crippen LogP contribution in [0.15, 0.2) is 66.7 Å². The maximum Gasteiger partial charge on any atom is 0.259 e. The van der Waals surface area contributed by atoms with Crippen LogP contribution in [0.2, 0.25) is 0 Å². The lowest BCUT2D eigenvalue weighted by molar-refractivity contribution is -0.140. The summed E-state index contributed by atoms with van der Waals surface area (Å²) in [6.07, 6.45) is 8.59. The summed E-state index contributed by atoms with van der Waals surface area (Å²) >= 11 is 0. The third kappa shape index (κ3) is 7.24. The van der Waals surface area contributed by atoms with Gasteiger partial charge >= 0.3 is 0 Å². The fraction of sp³-hybridized carbons (Fsp3) is 0.513. The second-order valence-corrected chi connectivity index (χ2v) is 17.5. The van der Waals surface area contributed by atoms with E-state index >= 15 is 0 Å². The Kier molecular flexibility index (Phi) is 9.75. The Bertz CT molecular complexity index is 1980. The lowest BCUT2D eigenvalue weighted by atomic mass is 10.0. The summed E-state index contributed by atoms with van der Waals surface area (Å²) in [5.74, 6) is -1.54. The number of rotatable bonds is 8. The number of fused-ring (bicyclic) bond motifs is 3. The maximum atomic E-state index is 14.6. The lowest BCUT2D eigenvalue weighted by Crippen LogP contribution is -2.58. The van der Waals surface area contributed by atoms with Crippen LogP contribution in [0.25, 0.3) is 11.0 Å². The van der Waals surface area contributed by atoms with Crippen LogP contribution in [0.4, 0.5) is 5.69 Å². The summed E-state index contributed by atoms with van der Waals surface area (Å²) < 4.78 is 34.1. The molecule has 2 saturated carbocycles. The van der Waals surface area contributed by atoms with Crippen LogP contribution in [0.3, 0.4) is 0 Å². The summed E-state index contributed by atoms with van der Waals surface area (Å²) in [5.41, 5.74) is 1.44. The second kappa shape index (κ2) is 14.1. The van der Waals surface area contributed by atoms with Gasteiger partial charge < -0.3 is 20.3 Å². The summed E-state index contributed by atoms with van der Waals surface area (Å²) in [6, 6.07) is 15.5. The van der Waals surface area contributed by atoms with E-state index in [1.54, 1.807) is 11.8 Å². The van der Waals surface area contributed by atoms with Gasteiger partial charge in [0, 0.05) is 23.9 Å². The number of para-hydroxylation sites is 3. The van der Waals surface area contributed by atoms with Crippen molar-refractivity contribution < 1.29 is 27.5 Å². The smallest absolute Gasteiger partial charge is 0.259 e. The number of anilines is 1. The molecule has 276 valence electrons. The zero-order valence-electron chi connectivity index (χ0n) is 30.0. The molecule has 7 rings (SSSR count). The van der Waals surface area contributed by atoms with Crippen LogP contribution in [-0.2, 0) is 24.4 Å². The number of allylic oxidation sites excluding steroid dienone is 1. The fourth-order valence-corrected chi connectivity index (χ4v) is 8.61. The van der Waals surface area contributed by atoms with Gasteiger partial charge in [0.05, 0.1) is 22.3 Å². The molecule has 4 aliphatic rings. The zero-order chi connectivity index (χ0) is 36.7. The van der Waals surface area contributed by atoms with Crippen molar-refractivity contribution in [2.45, 2.75) is 113 Å². The number of hydrogen-bond donors (Lipinski definition) is 3. The largest absolute Gasteiger partial charge is 0.471 e. The first-order chi connectivity index (χ1) is 24.9. The molecule has 3 N–H and O–H groups in total. The third-order valence-corrected chi connectivity index (χ3v) is 13.1. The number of benzene rings is 2. The number of hydrogen-bond acceptors (Lipinski definition) is 9. The molecule has 0 spiro atoms. The quantitative estimate of drug-likeness (QED) is 0.272. The van der Waals surface area contributed by atoms with Crippen molar-refractivity contribution in [2.75, 3.05) is 11.9 Å². The van der Waals surface area contributed by atoms with Crippen LogP contribution in [0.5, 0.6) is 5.88 Å². The molecule has 3 amide bonds. The second-order valence-electron chi connectivity index (χ2n) is 15.3. The maximum absolute atomic E-state index is 14.6. The number of sulfonamides is 1. The van der Waals surface area contributed by atoms with E-state index in [4.69, 9.17) is 14.7 Å². The molecule has 0 radical (unpaired) electrons. The molecular formula is C39H48N6O6S. The molecule has 3 heterocycles. The minimum Gasteiger partial charge on any atom is -0.471 e. The van der Waals surface area contributed by atoms with Crippen LogP contribution >= 0.6 is 0 Å². The summed E-state index contributed by atoms with van der Waals surface area (Å²) in [5, 5.41) is 6.38. The third-order valence-electron chi connectivity index (χ3n) is 11.0. The van der Waals surface area contributed by atoms with Crippen molar-refractivity contribution >= 4 is 44.5 Å². The molecule has 0 unspecified atom stereocenters. The van der Waals surface area contributed by atoms with Crippen molar-refractivity contribution in [3.05, 3.63) is 72.4 Å². The first-order valence-electron chi connectivity index (χ1n) is 18.5. The first-order valence-corrected chi connectivity index (χ1v) is 20.0. The van der Waals surface area contributed by atoms with Crippen molar-refractivity contribution in [3.63, 3.8) is 0 Å². The van der Waals surface area contributed by atoms with Gasteiger partial charge in [0.25, 0.3) is 5.91 Å². The van der Waals surface area contributed by atoms with Gasteiger partial charge in [-0.1, -0.05) is 69.2 Å². The van der Waals surface area contributed by atoms with E-state index in [2.05, 4.69) is 15.4 Å². The van der Waals surface area contributed by atoms with Gasteiger partial charge in [-0.15, -0.1) is 0 Å². The zero-order valence-corrected chi connectivity index (χ0v) is 30.8. The van der Waals surface area contributed by atoms with Gasteiger partial charge in [-0.25, -0.2) is 18.4 Å². The topological polar surface area (TPSA) is 160 Å². The van der Waals surface area contributed by atoms with E-state index in [1.807, 2.05) is 80.6 Å². The molecule has 1 saturated heterocycles. The van der Waals surface area contributed by atoms with E-state index in [0.29, 0.717) is 36.4 Å². The number of carbonyl (C=O) groups is 3. The highest BCUT2D eigenvalue weighted by Gasteiger charge is 2.63. The van der Waals surface area contributed by atoms with Gasteiger partial charge in [0.15, 0.2) is 0 Å². The average molecular weight is 729 g/mol. The molecule has 1 aromatic heterocycles. The van der Waals surface area contributed by atoms with Crippen molar-refractivity contribution in [1.29, 1.82) is 0 Å². The van der Waals surface area contributed by atoms with Crippen molar-refractivity contribution in [1.82, 2.24) is 24.9 Å². The van der Waals surface area contributed by atoms with E-state index in [1.165, 1.54) is 0 Å². The molecule has 2 aliphatic carbocycles. The Balaban J connectivity index is 1.21. The molecule has 5 atom stereocenters. The highest BCUT2D eigenvalue weighted by Crippen LogP contribution is 2.47. The Morgan fingerprint density at radius 2 is 1.71 bits per heavy atom. The van der Waals surface area contributed by atoms with Gasteiger partial charge in [-0.3, -0.25) is 19.1 Å². The molecule has 2 aliphatic heterocycles. The molecule has 52 heavy (non-hydrogen) atoms. The summed E-state index contributed by atoms with van der Waals surface area (Å²) in [7, 11) is -3.94. The summed E-state index contributed by atoms with van der Waals surface area (Å²) in [4.78, 5) is 54.1. The SMILES string of the molecule is CC(C)c1nc2ccccc2nc1O[C@@H]1C[C@H]2C(=O)N[C@]3(C(=O)NS(=O)(=O)C4(C)CC4)C[C@H]3/C=C\CCCCC[C@H](Nc3ccccc3)C(=O)N2C1. The molecule has 3 fully saturated rings. The summed E-state index contributed by atoms with van der Waals surface area (Å²) in [6.45, 7) is 5.75. The van der Waals surface area contributed by atoms with Crippen LogP contribution in [0, 0.1) is 5.92 Å². The average Bonchev–Trinajstić information content (AvgIpc) is 4.00. The number of nitrogens with zero attached hydrogens (tertiary/aromatic N) is 3. The standard InChI is InChI=1S/C39H48N6O6S/c1-25(2)33-35(42-30-18-13-12-17-29(30)41-33)51-28-22-32-34(46)43-39(37(48)44-52(49,50)38(3)20-21-38)23-26(39)14-8-5-4-6-11-19-31(36(47)45(32)24-28)40-27-15-9-7-10-16-27/h7-10,12-18,25-26,28,31-32,40H,4-6,11,19-24H2,1-3H3,(H,43,46)(H,44,48)/b14-8-/t26-,28-,31+,32+,39-/m1/s1. The fourth-order valence-electron chi connectivity index (χ4n) is 7.30. The number of carbonyl (C=O) groups excluding carboxylic acids is 3. The van der Waals surface area contributed by atoms with E-state index < -0.39 is 50.3 Å². The molecule has 13 heteroatoms. The molecule has 2 aromatic carbocycles. The normalized spacial score (nSPS) is 28.1. The predicted octanol–water partition coefficient (Wildman–Crippen LogP) is 4.98. The number of aromatic nitrogens is 2. The number of ether oxygens (including phenoxy) is 1. The van der Waals surface area contributed by atoms with Crippen LogP contribution in [-0.4, -0.2) is 76.0 Å². The lowest BCUT2D eigenvalue weighted by Gasteiger charge is -2.30. The van der Waals surface area contributed by atoms with Gasteiger partial charge in [-0.2, -0.15) is 0 Å². The first kappa shape index (κ1) is 35.9. The van der Waals surface area contributed by atoms with Gasteiger partial charge in [-0.05, 0) is 69.7 Å². The van der Waals surface area contributed by atoms with E-state index in [0.717, 1.165) is 36.9 Å². The molecule has 12 nitrogen and oxygen atoms in total. The van der Waals surface area contributed by atoms with Gasteiger partial charge in [0.1, 0.15) is 29.4 Å². The molecule has 3 aromatic rings. The molecule has 0 bridgehead atoms. The monoisotopic (exact) mass is 728 g/mol. The Morgan fingerprint density at radius 3 is 2.42 bits per heavy atom. The van der Waals surface area contributed by atoms with Crippen molar-refractivity contribution in [2.24, 2.45) is 5.92 Å². The highest BCUT2D eigenvalue weighted by atomic mass is 32.2. The number of nitrogens with one attached hydrogen (secondary N) is 3. The number of amides is 3. The molecular weight excluding hydrogens is 681 g/mol. The predicted molar refractivity (Wildman–Crippen MR) is 198 cm³/mol. The van der Waals surface area contributed by atoms with E-state index in [9.17, 15) is 22.8 Å². The van der Waals surface area contributed by atoms with Crippen LogP contribution in [0.1, 0.15) is 90.2 Å². The minimum atomic E-state index is -3.94. The van der Waals surface area contributed by atoms with Crippen molar-refractivity contribution in [3.8, 4) is 5.88 Å². The van der Waals surface area contributed by atoms with Gasteiger partial charge in [0.2, 0.25) is 27.7 Å². The Morgan fingerprint density at radius 1 is 1.00 bits per heavy atom. The Labute approximate surface area is 305 Å². The highest BCUT2D eigenvalue weighted by molar-refractivity contribution is 7.91. The van der Waals surface area contributed by atoms with E-state index in [-0.39, 0.29) is 37.1 Å². The Hall–Kier alpha value is -4.52.